The first-order valence-electron chi connectivity index (χ1n) is 18.3. The number of hydrogen-bond acceptors (Lipinski definition) is 11. The summed E-state index contributed by atoms with van der Waals surface area (Å²) in [5.74, 6) is -2.91. The number of hydrogen-bond donors (Lipinski definition) is 0. The molecule has 0 aliphatic carbocycles. The lowest BCUT2D eigenvalue weighted by Gasteiger charge is -2.22. The highest BCUT2D eigenvalue weighted by Crippen LogP contribution is 2.39. The minimum Gasteiger partial charge on any atom is -0.493 e. The number of rotatable bonds is 14. The molecule has 0 N–H and O–H groups in total. The first-order valence-corrected chi connectivity index (χ1v) is 18.3. The Kier molecular flexibility index (Phi) is 12.3. The van der Waals surface area contributed by atoms with Crippen LogP contribution in [0.3, 0.4) is 0 Å². The van der Waals surface area contributed by atoms with Crippen molar-refractivity contribution in [3.63, 3.8) is 0 Å². The Balaban J connectivity index is 1.14. The van der Waals surface area contributed by atoms with E-state index in [1.165, 1.54) is 66.7 Å². The monoisotopic (exact) mass is 812 g/mol. The third-order valence-electron chi connectivity index (χ3n) is 9.93. The van der Waals surface area contributed by atoms with Gasteiger partial charge in [0, 0.05) is 37.3 Å². The molecule has 2 aliphatic rings. The first kappa shape index (κ1) is 41.5. The maximum absolute atomic E-state index is 13.8. The number of nitrogens with zero attached hydrogens (tertiary/aromatic N) is 4. The van der Waals surface area contributed by atoms with E-state index in [1.807, 2.05) is 0 Å². The lowest BCUT2D eigenvalue weighted by molar-refractivity contribution is -0.385. The first-order chi connectivity index (χ1) is 28.2. The maximum Gasteiger partial charge on any atom is 0.329 e. The molecule has 306 valence electrons. The Labute approximate surface area is 336 Å². The van der Waals surface area contributed by atoms with Gasteiger partial charge in [0.05, 0.1) is 49.4 Å². The van der Waals surface area contributed by atoms with Crippen molar-refractivity contribution in [3.05, 3.63) is 145 Å². The molecule has 6 rings (SSSR count). The summed E-state index contributed by atoms with van der Waals surface area (Å²) in [6, 6.07) is 14.6. The summed E-state index contributed by atoms with van der Waals surface area (Å²) < 4.78 is 49.0. The van der Waals surface area contributed by atoms with Gasteiger partial charge in [0.1, 0.15) is 34.6 Å². The SMILES string of the molecule is COC(=O)[C@@H]1CC(c2ccc(F)cc2)=CN1C(=O)c1cc(C)c(OCCCOc2cc([N+](=O)[O-])c(C(=O)N3C=C(c4ccc(F)cc4)C[C@H]3C)cc2OC)cc1[N+](=O)[O-]. The van der Waals surface area contributed by atoms with E-state index in [1.54, 1.807) is 32.2 Å². The molecule has 0 spiro atoms. The third kappa shape index (κ3) is 8.88. The number of amides is 2. The summed E-state index contributed by atoms with van der Waals surface area (Å²) in [6.45, 7) is 3.31. The van der Waals surface area contributed by atoms with Gasteiger partial charge in [-0.2, -0.15) is 0 Å². The molecule has 0 saturated heterocycles. The Bertz CT molecular complexity index is 2380. The Morgan fingerprint density at radius 1 is 0.712 bits per heavy atom. The zero-order valence-electron chi connectivity index (χ0n) is 32.3. The predicted octanol–water partition coefficient (Wildman–Crippen LogP) is 7.65. The van der Waals surface area contributed by atoms with Gasteiger partial charge >= 0.3 is 5.97 Å². The van der Waals surface area contributed by atoms with Crippen LogP contribution in [0, 0.1) is 38.8 Å². The molecule has 15 nitrogen and oxygen atoms in total. The van der Waals surface area contributed by atoms with Gasteiger partial charge in [-0.05, 0) is 78.4 Å². The minimum absolute atomic E-state index is 0.00810. The van der Waals surface area contributed by atoms with Gasteiger partial charge in [-0.15, -0.1) is 0 Å². The maximum atomic E-state index is 13.8. The van der Waals surface area contributed by atoms with Gasteiger partial charge in [0.25, 0.3) is 23.2 Å². The number of carbonyl (C=O) groups is 3. The van der Waals surface area contributed by atoms with Gasteiger partial charge < -0.3 is 23.8 Å². The topological polar surface area (TPSA) is 181 Å². The average Bonchev–Trinajstić information content (AvgIpc) is 3.85. The predicted molar refractivity (Wildman–Crippen MR) is 209 cm³/mol. The van der Waals surface area contributed by atoms with Crippen molar-refractivity contribution in [2.24, 2.45) is 0 Å². The van der Waals surface area contributed by atoms with Crippen molar-refractivity contribution in [3.8, 4) is 17.2 Å². The third-order valence-corrected chi connectivity index (χ3v) is 9.93. The van der Waals surface area contributed by atoms with Crippen molar-refractivity contribution in [1.29, 1.82) is 0 Å². The van der Waals surface area contributed by atoms with Crippen molar-refractivity contribution in [2.45, 2.75) is 45.2 Å². The fraction of sp³-hybridized carbons (Fsp3) is 0.262. The summed E-state index contributed by atoms with van der Waals surface area (Å²) in [7, 11) is 2.48. The van der Waals surface area contributed by atoms with E-state index in [0.29, 0.717) is 23.1 Å². The van der Waals surface area contributed by atoms with Gasteiger partial charge in [-0.3, -0.25) is 34.7 Å². The minimum atomic E-state index is -1.12. The van der Waals surface area contributed by atoms with Crippen LogP contribution in [0.25, 0.3) is 11.1 Å². The number of ether oxygens (including phenoxy) is 4. The standard InChI is InChI=1S/C42H38F2N4O11/c1-24-16-32(41(50)46-23-29(18-36(46)42(51)57-4)27-8-12-31(44)13-9-27)34(47(52)53)20-37(24)58-14-5-15-59-39-21-35(48(54)55)33(19-38(39)56-3)40(49)45-22-28(17-25(45)2)26-6-10-30(43)11-7-26/h6-13,16,19-23,25,36H,5,14-15,17-18H2,1-4H3/t25-,36+/m1/s1. The zero-order chi connectivity index (χ0) is 42.5. The quantitative estimate of drug-likeness (QED) is 0.0528. The normalized spacial score (nSPS) is 16.0. The van der Waals surface area contributed by atoms with Crippen molar-refractivity contribution in [2.75, 3.05) is 27.4 Å². The molecule has 2 aliphatic heterocycles. The molecule has 4 aromatic rings. The molecule has 0 bridgehead atoms. The van der Waals surface area contributed by atoms with Crippen LogP contribution in [-0.4, -0.2) is 76.9 Å². The number of methoxy groups -OCH3 is 2. The number of carbonyl (C=O) groups excluding carboxylic acids is 3. The average molecular weight is 813 g/mol. The van der Waals surface area contributed by atoms with Crippen molar-refractivity contribution >= 4 is 40.3 Å². The van der Waals surface area contributed by atoms with Crippen LogP contribution in [0.1, 0.15) is 63.6 Å². The van der Waals surface area contributed by atoms with E-state index in [4.69, 9.17) is 18.9 Å². The van der Waals surface area contributed by atoms with E-state index in [9.17, 15) is 43.4 Å². The lowest BCUT2D eigenvalue weighted by Crippen LogP contribution is -2.39. The largest absolute Gasteiger partial charge is 0.493 e. The van der Waals surface area contributed by atoms with E-state index in [2.05, 4.69) is 0 Å². The molecule has 4 aromatic carbocycles. The van der Waals surface area contributed by atoms with Crippen LogP contribution >= 0.6 is 0 Å². The molecule has 2 amide bonds. The fourth-order valence-corrected chi connectivity index (χ4v) is 6.89. The van der Waals surface area contributed by atoms with Crippen LogP contribution in [0.2, 0.25) is 0 Å². The van der Waals surface area contributed by atoms with Gasteiger partial charge in [0.15, 0.2) is 11.5 Å². The second-order valence-electron chi connectivity index (χ2n) is 13.8. The summed E-state index contributed by atoms with van der Waals surface area (Å²) in [6.07, 6.45) is 3.68. The Morgan fingerprint density at radius 2 is 1.20 bits per heavy atom. The van der Waals surface area contributed by atoms with E-state index >= 15 is 0 Å². The molecule has 0 radical (unpaired) electrons. The lowest BCUT2D eigenvalue weighted by atomic mass is 10.0. The molecular formula is C42H38F2N4O11. The molecule has 2 heterocycles. The number of nitro groups is 2. The van der Waals surface area contributed by atoms with Crippen LogP contribution in [0.5, 0.6) is 17.2 Å². The van der Waals surface area contributed by atoms with Crippen LogP contribution in [-0.2, 0) is 9.53 Å². The fourth-order valence-electron chi connectivity index (χ4n) is 6.89. The second-order valence-corrected chi connectivity index (χ2v) is 13.8. The van der Waals surface area contributed by atoms with E-state index in [-0.39, 0.29) is 60.5 Å². The summed E-state index contributed by atoms with van der Waals surface area (Å²) in [4.78, 5) is 65.6. The summed E-state index contributed by atoms with van der Waals surface area (Å²) in [5, 5.41) is 24.4. The van der Waals surface area contributed by atoms with Crippen LogP contribution < -0.4 is 14.2 Å². The number of halogens is 2. The summed E-state index contributed by atoms with van der Waals surface area (Å²) in [5.41, 5.74) is 1.34. The van der Waals surface area contributed by atoms with Gasteiger partial charge in [0.2, 0.25) is 0 Å². The van der Waals surface area contributed by atoms with Crippen molar-refractivity contribution < 1.29 is 52.0 Å². The number of esters is 1. The zero-order valence-corrected chi connectivity index (χ0v) is 32.3. The Hall–Kier alpha value is -7.17. The highest BCUT2D eigenvalue weighted by molar-refractivity contribution is 6.03. The molecule has 0 saturated carbocycles. The van der Waals surface area contributed by atoms with E-state index in [0.717, 1.165) is 35.3 Å². The molecule has 0 fully saturated rings. The molecular weight excluding hydrogens is 774 g/mol. The van der Waals surface area contributed by atoms with Crippen LogP contribution in [0.15, 0.2) is 85.2 Å². The van der Waals surface area contributed by atoms with E-state index < -0.39 is 56.7 Å². The van der Waals surface area contributed by atoms with Crippen molar-refractivity contribution in [1.82, 2.24) is 9.80 Å². The molecule has 0 unspecified atom stereocenters. The number of aryl methyl sites for hydroxylation is 1. The molecule has 17 heteroatoms. The molecule has 2 atom stereocenters. The highest BCUT2D eigenvalue weighted by Gasteiger charge is 2.39. The highest BCUT2D eigenvalue weighted by atomic mass is 19.1. The smallest absolute Gasteiger partial charge is 0.329 e. The Morgan fingerprint density at radius 3 is 1.75 bits per heavy atom. The number of benzene rings is 4. The number of nitro benzene ring substituents is 2. The van der Waals surface area contributed by atoms with Gasteiger partial charge in [-0.1, -0.05) is 24.3 Å². The summed E-state index contributed by atoms with van der Waals surface area (Å²) >= 11 is 0. The second kappa shape index (κ2) is 17.5. The molecule has 0 aromatic heterocycles. The van der Waals surface area contributed by atoms with Crippen LogP contribution in [0.4, 0.5) is 20.2 Å². The molecule has 59 heavy (non-hydrogen) atoms. The van der Waals surface area contributed by atoms with Gasteiger partial charge in [-0.25, -0.2) is 13.6 Å².